The fraction of sp³-hybridized carbons (Fsp3) is 0.324. The molecule has 4 aromatic carbocycles. The Morgan fingerprint density at radius 1 is 0.826 bits per heavy atom. The molecular formula is C37H42FN3O4S. The van der Waals surface area contributed by atoms with Crippen LogP contribution in [0.25, 0.3) is 0 Å². The summed E-state index contributed by atoms with van der Waals surface area (Å²) in [7, 11) is -4.13. The van der Waals surface area contributed by atoms with Crippen LogP contribution in [0.2, 0.25) is 0 Å². The first-order valence-corrected chi connectivity index (χ1v) is 17.1. The predicted molar refractivity (Wildman–Crippen MR) is 179 cm³/mol. The topological polar surface area (TPSA) is 70.2 Å². The summed E-state index contributed by atoms with van der Waals surface area (Å²) in [5.41, 5.74) is 6.43. The van der Waals surface area contributed by atoms with Gasteiger partial charge in [-0.2, -0.15) is 4.31 Å². The van der Waals surface area contributed by atoms with Gasteiger partial charge < -0.3 is 9.64 Å². The average Bonchev–Trinajstić information content (AvgIpc) is 3.04. The van der Waals surface area contributed by atoms with Gasteiger partial charge in [-0.1, -0.05) is 72.3 Å². The average molecular weight is 644 g/mol. The largest absolute Gasteiger partial charge is 0.488 e. The van der Waals surface area contributed by atoms with Gasteiger partial charge in [0.25, 0.3) is 5.91 Å². The molecule has 5 rings (SSSR count). The summed E-state index contributed by atoms with van der Waals surface area (Å²) in [6.07, 6.45) is 0. The fourth-order valence-corrected chi connectivity index (χ4v) is 7.38. The Kier molecular flexibility index (Phi) is 10.6. The Bertz CT molecular complexity index is 1750. The number of amides is 1. The number of halogens is 1. The highest BCUT2D eigenvalue weighted by molar-refractivity contribution is 7.89. The molecule has 0 aliphatic carbocycles. The number of rotatable bonds is 11. The minimum absolute atomic E-state index is 0.135. The molecule has 1 heterocycles. The van der Waals surface area contributed by atoms with Crippen LogP contribution in [0, 0.1) is 26.6 Å². The molecule has 1 saturated heterocycles. The number of aryl methyl sites for hydroxylation is 3. The van der Waals surface area contributed by atoms with Crippen molar-refractivity contribution in [2.45, 2.75) is 52.3 Å². The van der Waals surface area contributed by atoms with E-state index in [0.29, 0.717) is 32.8 Å². The number of sulfonamides is 1. The van der Waals surface area contributed by atoms with E-state index in [2.05, 4.69) is 36.1 Å². The predicted octanol–water partition coefficient (Wildman–Crippen LogP) is 6.50. The molecule has 7 nitrogen and oxygen atoms in total. The van der Waals surface area contributed by atoms with E-state index in [1.807, 2.05) is 63.2 Å². The van der Waals surface area contributed by atoms with E-state index >= 15 is 4.39 Å². The number of hydrogen-bond donors (Lipinski definition) is 0. The second-order valence-electron chi connectivity index (χ2n) is 12.0. The van der Waals surface area contributed by atoms with E-state index < -0.39 is 20.7 Å². The molecule has 0 N–H and O–H groups in total. The van der Waals surface area contributed by atoms with Crippen molar-refractivity contribution in [1.29, 1.82) is 0 Å². The number of carbonyl (C=O) groups is 1. The maximum Gasteiger partial charge on any atom is 0.254 e. The summed E-state index contributed by atoms with van der Waals surface area (Å²) in [6, 6.07) is 25.9. The lowest BCUT2D eigenvalue weighted by molar-refractivity contribution is 0.0752. The second kappa shape index (κ2) is 14.6. The third-order valence-corrected chi connectivity index (χ3v) is 10.4. The van der Waals surface area contributed by atoms with Crippen molar-refractivity contribution in [2.24, 2.45) is 0 Å². The molecule has 0 aromatic heterocycles. The summed E-state index contributed by atoms with van der Waals surface area (Å²) in [4.78, 5) is 17.0. The molecule has 0 bridgehead atoms. The third kappa shape index (κ3) is 7.84. The first-order chi connectivity index (χ1) is 22.0. The molecule has 0 unspecified atom stereocenters. The van der Waals surface area contributed by atoms with Crippen LogP contribution in [0.3, 0.4) is 0 Å². The van der Waals surface area contributed by atoms with Gasteiger partial charge in [0.05, 0.1) is 0 Å². The van der Waals surface area contributed by atoms with Gasteiger partial charge in [-0.3, -0.25) is 9.69 Å². The van der Waals surface area contributed by atoms with E-state index in [4.69, 9.17) is 4.74 Å². The Labute approximate surface area is 272 Å². The van der Waals surface area contributed by atoms with Crippen LogP contribution in [-0.4, -0.2) is 61.2 Å². The highest BCUT2D eigenvalue weighted by atomic mass is 32.2. The van der Waals surface area contributed by atoms with Gasteiger partial charge in [-0.05, 0) is 73.7 Å². The highest BCUT2D eigenvalue weighted by Crippen LogP contribution is 2.28. The lowest BCUT2D eigenvalue weighted by atomic mass is 10.0. The van der Waals surface area contributed by atoms with E-state index in [1.165, 1.54) is 22.0 Å². The van der Waals surface area contributed by atoms with Crippen LogP contribution >= 0.6 is 0 Å². The number of benzene rings is 4. The minimum Gasteiger partial charge on any atom is -0.488 e. The van der Waals surface area contributed by atoms with Crippen LogP contribution in [0.5, 0.6) is 5.75 Å². The van der Waals surface area contributed by atoms with Gasteiger partial charge in [0.2, 0.25) is 10.0 Å². The van der Waals surface area contributed by atoms with Crippen molar-refractivity contribution in [3.8, 4) is 5.75 Å². The molecule has 0 radical (unpaired) electrons. The lowest BCUT2D eigenvalue weighted by Gasteiger charge is -2.34. The van der Waals surface area contributed by atoms with E-state index in [0.717, 1.165) is 46.2 Å². The molecule has 1 amide bonds. The van der Waals surface area contributed by atoms with Crippen LogP contribution in [0.1, 0.15) is 50.7 Å². The molecule has 4 aromatic rings. The molecule has 1 aliphatic rings. The second-order valence-corrected chi connectivity index (χ2v) is 13.9. The normalized spacial score (nSPS) is 14.3. The van der Waals surface area contributed by atoms with Crippen molar-refractivity contribution in [2.75, 3.05) is 32.7 Å². The number of ether oxygens (including phenoxy) is 1. The van der Waals surface area contributed by atoms with E-state index in [9.17, 15) is 13.2 Å². The Balaban J connectivity index is 1.26. The van der Waals surface area contributed by atoms with Crippen molar-refractivity contribution in [3.63, 3.8) is 0 Å². The molecule has 0 atom stereocenters. The zero-order valence-corrected chi connectivity index (χ0v) is 27.8. The number of nitrogens with zero attached hydrogens (tertiary/aromatic N) is 3. The maximum atomic E-state index is 15.0. The number of carbonyl (C=O) groups excluding carboxylic acids is 1. The van der Waals surface area contributed by atoms with Gasteiger partial charge in [0, 0.05) is 51.4 Å². The fourth-order valence-electron chi connectivity index (χ4n) is 5.87. The number of piperazine rings is 1. The number of hydrogen-bond acceptors (Lipinski definition) is 5. The van der Waals surface area contributed by atoms with Crippen LogP contribution < -0.4 is 4.74 Å². The summed E-state index contributed by atoms with van der Waals surface area (Å²) in [5.74, 6) is -0.409. The monoisotopic (exact) mass is 643 g/mol. The Hall–Kier alpha value is -4.05. The molecule has 9 heteroatoms. The van der Waals surface area contributed by atoms with Crippen LogP contribution in [0.15, 0.2) is 89.8 Å². The first-order valence-electron chi connectivity index (χ1n) is 15.7. The molecule has 1 aliphatic heterocycles. The summed E-state index contributed by atoms with van der Waals surface area (Å²) >= 11 is 0. The van der Waals surface area contributed by atoms with Gasteiger partial charge >= 0.3 is 0 Å². The maximum absolute atomic E-state index is 15.0. The SMILES string of the molecule is CCN(Cc1cc(C)c(OCc2ccc(C)cc2)c(C)c1)C(=O)c1ccc(F)c(S(=O)(=O)N2CCN(Cc3ccccc3)CC2)c1. The van der Waals surface area contributed by atoms with Gasteiger partial charge in [0.15, 0.2) is 0 Å². The summed E-state index contributed by atoms with van der Waals surface area (Å²) < 4.78 is 49.7. The molecule has 0 saturated carbocycles. The molecule has 0 spiro atoms. The standard InChI is InChI=1S/C37H42FN3O4S/c1-5-40(25-32-21-28(3)36(29(4)22-32)45-26-31-13-11-27(2)12-14-31)37(42)33-15-16-34(38)35(23-33)46(43,44)41-19-17-39(18-20-41)24-30-9-7-6-8-10-30/h6-16,21-23H,5,17-20,24-26H2,1-4H3. The van der Waals surface area contributed by atoms with Gasteiger partial charge in [0.1, 0.15) is 23.1 Å². The van der Waals surface area contributed by atoms with Crippen molar-refractivity contribution in [3.05, 3.63) is 130 Å². The van der Waals surface area contributed by atoms with Crippen molar-refractivity contribution in [1.82, 2.24) is 14.1 Å². The van der Waals surface area contributed by atoms with Crippen molar-refractivity contribution >= 4 is 15.9 Å². The smallest absolute Gasteiger partial charge is 0.254 e. The van der Waals surface area contributed by atoms with E-state index in [1.54, 1.807) is 4.90 Å². The molecular weight excluding hydrogens is 601 g/mol. The zero-order valence-electron chi connectivity index (χ0n) is 27.0. The Morgan fingerprint density at radius 2 is 1.48 bits per heavy atom. The van der Waals surface area contributed by atoms with Gasteiger partial charge in [-0.25, -0.2) is 12.8 Å². The third-order valence-electron chi connectivity index (χ3n) is 8.44. The van der Waals surface area contributed by atoms with Crippen LogP contribution in [0.4, 0.5) is 4.39 Å². The summed E-state index contributed by atoms with van der Waals surface area (Å²) in [5, 5.41) is 0. The Morgan fingerprint density at radius 3 is 2.11 bits per heavy atom. The molecule has 1 fully saturated rings. The van der Waals surface area contributed by atoms with Crippen LogP contribution in [-0.2, 0) is 29.7 Å². The highest BCUT2D eigenvalue weighted by Gasteiger charge is 2.32. The minimum atomic E-state index is -4.13. The first kappa shape index (κ1) is 33.3. The quantitative estimate of drug-likeness (QED) is 0.187. The van der Waals surface area contributed by atoms with Crippen molar-refractivity contribution < 1.29 is 22.3 Å². The van der Waals surface area contributed by atoms with Gasteiger partial charge in [-0.15, -0.1) is 0 Å². The lowest BCUT2D eigenvalue weighted by Crippen LogP contribution is -2.48. The van der Waals surface area contributed by atoms with E-state index in [-0.39, 0.29) is 24.6 Å². The molecule has 46 heavy (non-hydrogen) atoms. The molecule has 242 valence electrons. The summed E-state index contributed by atoms with van der Waals surface area (Å²) in [6.45, 7) is 11.3. The zero-order chi connectivity index (χ0) is 32.8.